The van der Waals surface area contributed by atoms with E-state index in [1.54, 1.807) is 6.07 Å². The van der Waals surface area contributed by atoms with E-state index in [2.05, 4.69) is 22.2 Å². The third-order valence-electron chi connectivity index (χ3n) is 3.07. The standard InChI is InChI=1S/C13H20ClN3O2/c1-3-18-8-13-16-11(14)7-12(17-13)15-9(2)10-5-4-6-19-10/h7,9-10H,3-6,8H2,1-2H3,(H,15,16,17). The van der Waals surface area contributed by atoms with Crippen LogP contribution in [0.25, 0.3) is 0 Å². The molecule has 2 heterocycles. The Morgan fingerprint density at radius 2 is 2.42 bits per heavy atom. The van der Waals surface area contributed by atoms with Crippen LogP contribution in [0, 0.1) is 0 Å². The summed E-state index contributed by atoms with van der Waals surface area (Å²) in [5.74, 6) is 1.31. The summed E-state index contributed by atoms with van der Waals surface area (Å²) in [7, 11) is 0. The van der Waals surface area contributed by atoms with Crippen LogP contribution in [-0.2, 0) is 16.1 Å². The van der Waals surface area contributed by atoms with Gasteiger partial charge in [-0.15, -0.1) is 0 Å². The maximum atomic E-state index is 5.99. The molecule has 0 spiro atoms. The molecule has 1 saturated heterocycles. The van der Waals surface area contributed by atoms with Gasteiger partial charge in [0.2, 0.25) is 0 Å². The molecule has 0 bridgehead atoms. The van der Waals surface area contributed by atoms with Crippen molar-refractivity contribution in [1.82, 2.24) is 9.97 Å². The number of hydrogen-bond donors (Lipinski definition) is 1. The number of nitrogens with zero attached hydrogens (tertiary/aromatic N) is 2. The van der Waals surface area contributed by atoms with Gasteiger partial charge in [0, 0.05) is 19.3 Å². The van der Waals surface area contributed by atoms with Crippen LogP contribution < -0.4 is 5.32 Å². The van der Waals surface area contributed by atoms with Crippen LogP contribution >= 0.6 is 11.6 Å². The summed E-state index contributed by atoms with van der Waals surface area (Å²) in [5, 5.41) is 3.75. The van der Waals surface area contributed by atoms with Crippen LogP contribution in [0.15, 0.2) is 6.07 Å². The van der Waals surface area contributed by atoms with E-state index in [1.807, 2.05) is 6.92 Å². The third kappa shape index (κ3) is 4.30. The Kier molecular flexibility index (Phi) is 5.36. The minimum atomic E-state index is 0.202. The molecule has 1 aromatic heterocycles. The van der Waals surface area contributed by atoms with E-state index >= 15 is 0 Å². The molecule has 2 rings (SSSR count). The highest BCUT2D eigenvalue weighted by molar-refractivity contribution is 6.29. The van der Waals surface area contributed by atoms with E-state index in [0.29, 0.717) is 24.2 Å². The zero-order valence-corrected chi connectivity index (χ0v) is 12.1. The third-order valence-corrected chi connectivity index (χ3v) is 3.27. The lowest BCUT2D eigenvalue weighted by atomic mass is 10.1. The van der Waals surface area contributed by atoms with Crippen molar-refractivity contribution in [2.24, 2.45) is 0 Å². The van der Waals surface area contributed by atoms with Gasteiger partial charge in [-0.2, -0.15) is 0 Å². The van der Waals surface area contributed by atoms with Crippen molar-refractivity contribution in [3.8, 4) is 0 Å². The van der Waals surface area contributed by atoms with Crippen molar-refractivity contribution in [1.29, 1.82) is 0 Å². The topological polar surface area (TPSA) is 56.3 Å². The lowest BCUT2D eigenvalue weighted by Crippen LogP contribution is -2.30. The summed E-state index contributed by atoms with van der Waals surface area (Å²) >= 11 is 5.99. The number of aromatic nitrogens is 2. The summed E-state index contributed by atoms with van der Waals surface area (Å²) < 4.78 is 10.9. The number of hydrogen-bond acceptors (Lipinski definition) is 5. The predicted octanol–water partition coefficient (Wildman–Crippen LogP) is 2.65. The molecule has 1 fully saturated rings. The largest absolute Gasteiger partial charge is 0.376 e. The Bertz CT molecular complexity index is 411. The molecule has 106 valence electrons. The molecule has 1 aliphatic heterocycles. The van der Waals surface area contributed by atoms with Gasteiger partial charge >= 0.3 is 0 Å². The Morgan fingerprint density at radius 1 is 1.58 bits per heavy atom. The van der Waals surface area contributed by atoms with E-state index in [9.17, 15) is 0 Å². The van der Waals surface area contributed by atoms with Crippen LogP contribution in [0.4, 0.5) is 5.82 Å². The molecule has 0 radical (unpaired) electrons. The van der Waals surface area contributed by atoms with Crippen molar-refractivity contribution in [2.75, 3.05) is 18.5 Å². The Labute approximate surface area is 118 Å². The lowest BCUT2D eigenvalue weighted by molar-refractivity contribution is 0.0995. The molecule has 19 heavy (non-hydrogen) atoms. The quantitative estimate of drug-likeness (QED) is 0.814. The van der Waals surface area contributed by atoms with Crippen LogP contribution in [0.2, 0.25) is 5.15 Å². The van der Waals surface area contributed by atoms with Gasteiger partial charge in [-0.1, -0.05) is 11.6 Å². The van der Waals surface area contributed by atoms with Crippen molar-refractivity contribution in [3.05, 3.63) is 17.0 Å². The highest BCUT2D eigenvalue weighted by atomic mass is 35.5. The monoisotopic (exact) mass is 285 g/mol. The molecule has 1 aromatic rings. The van der Waals surface area contributed by atoms with Gasteiger partial charge < -0.3 is 14.8 Å². The van der Waals surface area contributed by atoms with Gasteiger partial charge in [0.1, 0.15) is 17.6 Å². The molecule has 1 N–H and O–H groups in total. The first kappa shape index (κ1) is 14.5. The molecular formula is C13H20ClN3O2. The Hall–Kier alpha value is -0.910. The molecule has 0 saturated carbocycles. The van der Waals surface area contributed by atoms with Gasteiger partial charge in [0.15, 0.2) is 5.82 Å². The van der Waals surface area contributed by atoms with E-state index in [4.69, 9.17) is 21.1 Å². The van der Waals surface area contributed by atoms with Crippen LogP contribution in [0.1, 0.15) is 32.5 Å². The number of anilines is 1. The summed E-state index contributed by atoms with van der Waals surface area (Å²) in [4.78, 5) is 8.53. The molecule has 5 nitrogen and oxygen atoms in total. The number of rotatable bonds is 6. The highest BCUT2D eigenvalue weighted by Crippen LogP contribution is 2.19. The fourth-order valence-electron chi connectivity index (χ4n) is 2.12. The van der Waals surface area contributed by atoms with E-state index in [-0.39, 0.29) is 12.1 Å². The van der Waals surface area contributed by atoms with Crippen LogP contribution in [-0.4, -0.2) is 35.3 Å². The minimum Gasteiger partial charge on any atom is -0.376 e. The highest BCUT2D eigenvalue weighted by Gasteiger charge is 2.22. The van der Waals surface area contributed by atoms with Gasteiger partial charge in [-0.05, 0) is 26.7 Å². The maximum absolute atomic E-state index is 5.99. The molecule has 2 atom stereocenters. The zero-order chi connectivity index (χ0) is 13.7. The van der Waals surface area contributed by atoms with Crippen LogP contribution in [0.3, 0.4) is 0 Å². The second-order valence-electron chi connectivity index (χ2n) is 4.61. The molecule has 6 heteroatoms. The summed E-state index contributed by atoms with van der Waals surface area (Å²) in [5.41, 5.74) is 0. The van der Waals surface area contributed by atoms with Crippen molar-refractivity contribution >= 4 is 17.4 Å². The molecule has 0 aromatic carbocycles. The molecule has 2 unspecified atom stereocenters. The maximum Gasteiger partial charge on any atom is 0.158 e. The summed E-state index contributed by atoms with van der Waals surface area (Å²) in [6, 6.07) is 1.93. The van der Waals surface area contributed by atoms with Crippen molar-refractivity contribution < 1.29 is 9.47 Å². The molecule has 0 aliphatic carbocycles. The van der Waals surface area contributed by atoms with Gasteiger partial charge in [-0.3, -0.25) is 0 Å². The van der Waals surface area contributed by atoms with E-state index < -0.39 is 0 Å². The predicted molar refractivity (Wildman–Crippen MR) is 74.4 cm³/mol. The SMILES string of the molecule is CCOCc1nc(Cl)cc(NC(C)C2CCCO2)n1. The van der Waals surface area contributed by atoms with Crippen molar-refractivity contribution in [2.45, 2.75) is 45.4 Å². The molecule has 1 aliphatic rings. The average Bonchev–Trinajstić information content (AvgIpc) is 2.89. The van der Waals surface area contributed by atoms with Gasteiger partial charge in [0.05, 0.1) is 12.1 Å². The normalized spacial score (nSPS) is 20.5. The van der Waals surface area contributed by atoms with Crippen LogP contribution in [0.5, 0.6) is 0 Å². The number of halogens is 1. The minimum absolute atomic E-state index is 0.202. The van der Waals surface area contributed by atoms with Gasteiger partial charge in [0.25, 0.3) is 0 Å². The van der Waals surface area contributed by atoms with E-state index in [0.717, 1.165) is 25.3 Å². The second-order valence-corrected chi connectivity index (χ2v) is 5.00. The first-order chi connectivity index (χ1) is 9.19. The first-order valence-electron chi connectivity index (χ1n) is 6.68. The molecular weight excluding hydrogens is 266 g/mol. The fourth-order valence-corrected chi connectivity index (χ4v) is 2.32. The smallest absolute Gasteiger partial charge is 0.158 e. The average molecular weight is 286 g/mol. The molecule has 0 amide bonds. The first-order valence-corrected chi connectivity index (χ1v) is 7.06. The summed E-state index contributed by atoms with van der Waals surface area (Å²) in [6.07, 6.45) is 2.44. The fraction of sp³-hybridized carbons (Fsp3) is 0.692. The van der Waals surface area contributed by atoms with Gasteiger partial charge in [-0.25, -0.2) is 9.97 Å². The Balaban J connectivity index is 2.00. The Morgan fingerprint density at radius 3 is 3.11 bits per heavy atom. The van der Waals surface area contributed by atoms with Crippen molar-refractivity contribution in [3.63, 3.8) is 0 Å². The van der Waals surface area contributed by atoms with E-state index in [1.165, 1.54) is 0 Å². The number of ether oxygens (including phenoxy) is 2. The lowest BCUT2D eigenvalue weighted by Gasteiger charge is -2.20. The number of nitrogens with one attached hydrogen (secondary N) is 1. The second kappa shape index (κ2) is 7.03. The zero-order valence-electron chi connectivity index (χ0n) is 11.4. The summed E-state index contributed by atoms with van der Waals surface area (Å²) in [6.45, 7) is 5.87.